The Labute approximate surface area is 127 Å². The van der Waals surface area contributed by atoms with Gasteiger partial charge in [0.1, 0.15) is 0 Å². The number of anilines is 1. The standard InChI is InChI=1S/C14H18BrClN2O/c15-12-7-10(16)5-6-13(12)18-14(19)11-4-2-1-3-9(11)8-17/h5-7,9,11H,1-4,8,17H2,(H,18,19). The highest BCUT2D eigenvalue weighted by Gasteiger charge is 2.30. The SMILES string of the molecule is NCC1CCCCC1C(=O)Nc1ccc(Cl)cc1Br. The molecular formula is C14H18BrClN2O. The van der Waals surface area contributed by atoms with Crippen LogP contribution < -0.4 is 11.1 Å². The molecule has 1 fully saturated rings. The van der Waals surface area contributed by atoms with E-state index in [4.69, 9.17) is 17.3 Å². The van der Waals surface area contributed by atoms with Crippen LogP contribution in [0.4, 0.5) is 5.69 Å². The van der Waals surface area contributed by atoms with Crippen LogP contribution in [0.3, 0.4) is 0 Å². The molecule has 1 amide bonds. The Bertz CT molecular complexity index is 467. The van der Waals surface area contributed by atoms with E-state index in [0.717, 1.165) is 29.4 Å². The van der Waals surface area contributed by atoms with Crippen molar-refractivity contribution in [2.45, 2.75) is 25.7 Å². The predicted molar refractivity (Wildman–Crippen MR) is 82.3 cm³/mol. The fraction of sp³-hybridized carbons (Fsp3) is 0.500. The average molecular weight is 346 g/mol. The Morgan fingerprint density at radius 1 is 1.42 bits per heavy atom. The second-order valence-electron chi connectivity index (χ2n) is 5.00. The maximum Gasteiger partial charge on any atom is 0.227 e. The van der Waals surface area contributed by atoms with Crippen molar-refractivity contribution in [3.05, 3.63) is 27.7 Å². The van der Waals surface area contributed by atoms with Crippen LogP contribution in [0.15, 0.2) is 22.7 Å². The van der Waals surface area contributed by atoms with E-state index in [1.807, 2.05) is 6.07 Å². The van der Waals surface area contributed by atoms with Crippen LogP contribution in [0.5, 0.6) is 0 Å². The molecule has 1 aliphatic carbocycles. The van der Waals surface area contributed by atoms with E-state index in [1.165, 1.54) is 6.42 Å². The zero-order chi connectivity index (χ0) is 13.8. The summed E-state index contributed by atoms with van der Waals surface area (Å²) in [6, 6.07) is 5.35. The third kappa shape index (κ3) is 3.71. The Balaban J connectivity index is 2.07. The first-order valence-corrected chi connectivity index (χ1v) is 7.75. The zero-order valence-corrected chi connectivity index (χ0v) is 13.0. The number of hydrogen-bond donors (Lipinski definition) is 2. The monoisotopic (exact) mass is 344 g/mol. The van der Waals surface area contributed by atoms with E-state index in [-0.39, 0.29) is 11.8 Å². The van der Waals surface area contributed by atoms with Gasteiger partial charge in [0.2, 0.25) is 5.91 Å². The fourth-order valence-corrected chi connectivity index (χ4v) is 3.43. The summed E-state index contributed by atoms with van der Waals surface area (Å²) < 4.78 is 0.799. The van der Waals surface area contributed by atoms with Crippen LogP contribution in [-0.4, -0.2) is 12.5 Å². The Kier molecular flexibility index (Phi) is 5.25. The summed E-state index contributed by atoms with van der Waals surface area (Å²) in [6.45, 7) is 0.583. The third-order valence-corrected chi connectivity index (χ3v) is 4.63. The van der Waals surface area contributed by atoms with Gasteiger partial charge < -0.3 is 11.1 Å². The topological polar surface area (TPSA) is 55.1 Å². The number of benzene rings is 1. The zero-order valence-electron chi connectivity index (χ0n) is 10.7. The van der Waals surface area contributed by atoms with Crippen molar-refractivity contribution < 1.29 is 4.79 Å². The molecule has 19 heavy (non-hydrogen) atoms. The molecule has 0 saturated heterocycles. The summed E-state index contributed by atoms with van der Waals surface area (Å²) in [5.41, 5.74) is 6.53. The summed E-state index contributed by atoms with van der Waals surface area (Å²) in [7, 11) is 0. The number of carbonyl (C=O) groups is 1. The first-order valence-electron chi connectivity index (χ1n) is 6.58. The number of amides is 1. The van der Waals surface area contributed by atoms with Crippen LogP contribution in [-0.2, 0) is 4.79 Å². The first-order chi connectivity index (χ1) is 9.11. The smallest absolute Gasteiger partial charge is 0.227 e. The van der Waals surface area contributed by atoms with Crippen LogP contribution in [0.2, 0.25) is 5.02 Å². The number of nitrogens with two attached hydrogens (primary N) is 1. The summed E-state index contributed by atoms with van der Waals surface area (Å²) >= 11 is 9.30. The van der Waals surface area contributed by atoms with Crippen molar-refractivity contribution in [2.24, 2.45) is 17.6 Å². The molecule has 0 aliphatic heterocycles. The lowest BCUT2D eigenvalue weighted by atomic mass is 9.78. The van der Waals surface area contributed by atoms with Crippen LogP contribution in [0, 0.1) is 11.8 Å². The molecule has 1 aromatic carbocycles. The van der Waals surface area contributed by atoms with Gasteiger partial charge in [-0.2, -0.15) is 0 Å². The molecule has 0 aromatic heterocycles. The van der Waals surface area contributed by atoms with E-state index in [2.05, 4.69) is 21.2 Å². The van der Waals surface area contributed by atoms with Crippen molar-refractivity contribution in [1.29, 1.82) is 0 Å². The number of hydrogen-bond acceptors (Lipinski definition) is 2. The van der Waals surface area contributed by atoms with Gasteiger partial charge in [0.25, 0.3) is 0 Å². The van der Waals surface area contributed by atoms with Gasteiger partial charge in [-0.05, 0) is 59.4 Å². The minimum Gasteiger partial charge on any atom is -0.330 e. The van der Waals surface area contributed by atoms with Crippen molar-refractivity contribution in [3.8, 4) is 0 Å². The maximum absolute atomic E-state index is 12.4. The predicted octanol–water partition coefficient (Wildman–Crippen LogP) is 3.81. The molecule has 1 saturated carbocycles. The highest BCUT2D eigenvalue weighted by atomic mass is 79.9. The van der Waals surface area contributed by atoms with E-state index >= 15 is 0 Å². The lowest BCUT2D eigenvalue weighted by Gasteiger charge is -2.29. The van der Waals surface area contributed by atoms with Gasteiger partial charge in [0.15, 0.2) is 0 Å². The molecule has 1 aliphatic rings. The molecule has 0 bridgehead atoms. The molecule has 2 unspecified atom stereocenters. The summed E-state index contributed by atoms with van der Waals surface area (Å²) in [6.07, 6.45) is 4.27. The lowest BCUT2D eigenvalue weighted by molar-refractivity contribution is -0.122. The molecule has 1 aromatic rings. The molecule has 104 valence electrons. The minimum atomic E-state index is 0.0290. The summed E-state index contributed by atoms with van der Waals surface area (Å²) in [5, 5.41) is 3.61. The number of halogens is 2. The Morgan fingerprint density at radius 3 is 2.84 bits per heavy atom. The highest BCUT2D eigenvalue weighted by molar-refractivity contribution is 9.10. The molecule has 0 radical (unpaired) electrons. The maximum atomic E-state index is 12.4. The molecule has 5 heteroatoms. The quantitative estimate of drug-likeness (QED) is 0.875. The van der Waals surface area contributed by atoms with Gasteiger partial charge >= 0.3 is 0 Å². The van der Waals surface area contributed by atoms with Gasteiger partial charge in [0.05, 0.1) is 5.69 Å². The van der Waals surface area contributed by atoms with Crippen LogP contribution in [0.1, 0.15) is 25.7 Å². The average Bonchev–Trinajstić information content (AvgIpc) is 2.41. The van der Waals surface area contributed by atoms with E-state index in [1.54, 1.807) is 12.1 Å². The van der Waals surface area contributed by atoms with E-state index in [0.29, 0.717) is 17.5 Å². The Morgan fingerprint density at radius 2 is 2.16 bits per heavy atom. The molecule has 3 nitrogen and oxygen atoms in total. The van der Waals surface area contributed by atoms with Crippen LogP contribution >= 0.6 is 27.5 Å². The van der Waals surface area contributed by atoms with Crippen molar-refractivity contribution in [2.75, 3.05) is 11.9 Å². The second kappa shape index (κ2) is 6.73. The number of carbonyl (C=O) groups excluding carboxylic acids is 1. The van der Waals surface area contributed by atoms with Crippen LogP contribution in [0.25, 0.3) is 0 Å². The molecule has 0 heterocycles. The van der Waals surface area contributed by atoms with Crippen molar-refractivity contribution in [3.63, 3.8) is 0 Å². The number of rotatable bonds is 3. The fourth-order valence-electron chi connectivity index (χ4n) is 2.65. The first kappa shape index (κ1) is 14.8. The van der Waals surface area contributed by atoms with Gasteiger partial charge in [-0.3, -0.25) is 4.79 Å². The van der Waals surface area contributed by atoms with E-state index in [9.17, 15) is 4.79 Å². The van der Waals surface area contributed by atoms with Gasteiger partial charge in [-0.1, -0.05) is 24.4 Å². The highest BCUT2D eigenvalue weighted by Crippen LogP contribution is 2.32. The second-order valence-corrected chi connectivity index (χ2v) is 6.29. The van der Waals surface area contributed by atoms with Gasteiger partial charge in [-0.25, -0.2) is 0 Å². The molecule has 2 atom stereocenters. The normalized spacial score (nSPS) is 23.1. The third-order valence-electron chi connectivity index (χ3n) is 3.74. The summed E-state index contributed by atoms with van der Waals surface area (Å²) in [4.78, 5) is 12.4. The molecule has 2 rings (SSSR count). The summed E-state index contributed by atoms with van der Waals surface area (Å²) in [5.74, 6) is 0.402. The minimum absolute atomic E-state index is 0.0290. The van der Waals surface area contributed by atoms with Crippen molar-refractivity contribution >= 4 is 39.1 Å². The van der Waals surface area contributed by atoms with E-state index < -0.39 is 0 Å². The van der Waals surface area contributed by atoms with Gasteiger partial charge in [-0.15, -0.1) is 0 Å². The molecule has 3 N–H and O–H groups in total. The molecular weight excluding hydrogens is 328 g/mol. The molecule has 0 spiro atoms. The lowest BCUT2D eigenvalue weighted by Crippen LogP contribution is -2.35. The van der Waals surface area contributed by atoms with Crippen molar-refractivity contribution in [1.82, 2.24) is 0 Å². The largest absolute Gasteiger partial charge is 0.330 e. The number of nitrogens with one attached hydrogen (secondary N) is 1. The Hall–Kier alpha value is -0.580. The van der Waals surface area contributed by atoms with Gasteiger partial charge in [0, 0.05) is 15.4 Å².